The molecule has 14 heteroatoms. The van der Waals surface area contributed by atoms with Crippen molar-refractivity contribution >= 4 is 29.5 Å². The smallest absolute Gasteiger partial charge is 0.436 e. The average Bonchev–Trinajstić information content (AvgIpc) is 2.84. The molecule has 1 aromatic heterocycles. The molecule has 1 saturated heterocycles. The molecular weight excluding hydrogens is 428 g/mol. The first kappa shape index (κ1) is 21.6. The van der Waals surface area contributed by atoms with Crippen molar-refractivity contribution in [3.63, 3.8) is 0 Å². The molecule has 3 amide bonds. The number of aromatic carboxylic acids is 1. The summed E-state index contributed by atoms with van der Waals surface area (Å²) in [6.07, 6.45) is -5.12. The molecule has 0 spiro atoms. The summed E-state index contributed by atoms with van der Waals surface area (Å²) in [5, 5.41) is 24.1. The fourth-order valence-corrected chi connectivity index (χ4v) is 2.91. The number of imide groups is 1. The Labute approximate surface area is 170 Å². The predicted molar refractivity (Wildman–Crippen MR) is 92.3 cm³/mol. The van der Waals surface area contributed by atoms with Crippen molar-refractivity contribution in [1.29, 1.82) is 5.26 Å². The normalized spacial score (nSPS) is 15.9. The van der Waals surface area contributed by atoms with E-state index in [0.29, 0.717) is 6.07 Å². The second-order valence-electron chi connectivity index (χ2n) is 6.71. The van der Waals surface area contributed by atoms with E-state index in [1.807, 2.05) is 0 Å². The van der Waals surface area contributed by atoms with Gasteiger partial charge >= 0.3 is 18.2 Å². The van der Waals surface area contributed by atoms with Crippen LogP contribution < -0.4 is 9.80 Å². The maximum absolute atomic E-state index is 14.1. The molecule has 2 aromatic rings. The fraction of sp³-hybridized carbons (Fsp3) is 0.235. The number of hydrogen-bond donors (Lipinski definition) is 1. The molecule has 2 heterocycles. The van der Waals surface area contributed by atoms with Gasteiger partial charge in [0.2, 0.25) is 0 Å². The number of nitrogens with zero attached hydrogens (tertiary/aromatic N) is 6. The van der Waals surface area contributed by atoms with Crippen molar-refractivity contribution in [1.82, 2.24) is 15.2 Å². The number of alkyl halides is 3. The summed E-state index contributed by atoms with van der Waals surface area (Å²) >= 11 is 0. The Bertz CT molecular complexity index is 1170. The average molecular weight is 438 g/mol. The molecule has 0 atom stereocenters. The number of amides is 3. The summed E-state index contributed by atoms with van der Waals surface area (Å²) in [4.78, 5) is 40.8. The van der Waals surface area contributed by atoms with Crippen molar-refractivity contribution in [3.05, 3.63) is 41.0 Å². The molecule has 0 aliphatic carbocycles. The van der Waals surface area contributed by atoms with Gasteiger partial charge in [-0.3, -0.25) is 9.69 Å². The maximum atomic E-state index is 14.1. The molecule has 3 rings (SSSR count). The van der Waals surface area contributed by atoms with Crippen molar-refractivity contribution in [3.8, 4) is 6.07 Å². The molecule has 160 valence electrons. The van der Waals surface area contributed by atoms with Gasteiger partial charge in [-0.05, 0) is 32.0 Å². The van der Waals surface area contributed by atoms with Gasteiger partial charge in [-0.25, -0.2) is 19.0 Å². The summed E-state index contributed by atoms with van der Waals surface area (Å²) in [6.45, 7) is 2.47. The largest absolute Gasteiger partial charge is 0.478 e. The highest BCUT2D eigenvalue weighted by molar-refractivity contribution is 6.29. The lowest BCUT2D eigenvalue weighted by Gasteiger charge is -2.27. The summed E-state index contributed by atoms with van der Waals surface area (Å²) in [6, 6.07) is 2.56. The standard InChI is InChI=1S/C17H10F4N6O4/c1-16(2)13(30)26(14-23-11(17(19,20)21)10(6-22)24-25-14)15(31)27(16)7-3-4-8(12(28)29)9(18)5-7/h3-5H,1-2H3,(H,28,29). The monoisotopic (exact) mass is 438 g/mol. The number of carboxylic acid groups (broad SMARTS) is 1. The van der Waals surface area contributed by atoms with E-state index in [0.717, 1.165) is 17.0 Å². The van der Waals surface area contributed by atoms with E-state index in [1.165, 1.54) is 19.9 Å². The number of aromatic nitrogens is 3. The van der Waals surface area contributed by atoms with Crippen LogP contribution in [-0.4, -0.2) is 43.7 Å². The van der Waals surface area contributed by atoms with E-state index in [9.17, 15) is 31.9 Å². The van der Waals surface area contributed by atoms with Crippen molar-refractivity contribution in [2.24, 2.45) is 0 Å². The van der Waals surface area contributed by atoms with Gasteiger partial charge in [-0.2, -0.15) is 23.3 Å². The summed E-state index contributed by atoms with van der Waals surface area (Å²) in [7, 11) is 0. The van der Waals surface area contributed by atoms with Gasteiger partial charge in [0.15, 0.2) is 11.4 Å². The molecule has 0 bridgehead atoms. The molecule has 0 radical (unpaired) electrons. The molecule has 1 fully saturated rings. The van der Waals surface area contributed by atoms with E-state index < -0.39 is 58.3 Å². The van der Waals surface area contributed by atoms with Crippen LogP contribution in [0.2, 0.25) is 0 Å². The van der Waals surface area contributed by atoms with Crippen molar-refractivity contribution < 1.29 is 37.1 Å². The Hall–Kier alpha value is -4.15. The molecule has 1 aliphatic rings. The summed E-state index contributed by atoms with van der Waals surface area (Å²) < 4.78 is 53.6. The van der Waals surface area contributed by atoms with E-state index >= 15 is 0 Å². The zero-order chi connectivity index (χ0) is 23.3. The van der Waals surface area contributed by atoms with Gasteiger partial charge < -0.3 is 5.11 Å². The number of hydrogen-bond acceptors (Lipinski definition) is 7. The lowest BCUT2D eigenvalue weighted by Crippen LogP contribution is -2.44. The zero-order valence-electron chi connectivity index (χ0n) is 15.6. The third-order valence-electron chi connectivity index (χ3n) is 4.36. The zero-order valence-corrected chi connectivity index (χ0v) is 15.6. The lowest BCUT2D eigenvalue weighted by molar-refractivity contribution is -0.141. The number of rotatable bonds is 3. The van der Waals surface area contributed by atoms with Crippen LogP contribution in [0.4, 0.5) is 34.0 Å². The molecule has 1 N–H and O–H groups in total. The predicted octanol–water partition coefficient (Wildman–Crippen LogP) is 2.35. The molecule has 1 aromatic carbocycles. The highest BCUT2D eigenvalue weighted by Gasteiger charge is 2.54. The number of urea groups is 1. The second-order valence-corrected chi connectivity index (χ2v) is 6.71. The van der Waals surface area contributed by atoms with Crippen LogP contribution in [0.25, 0.3) is 0 Å². The van der Waals surface area contributed by atoms with Crippen LogP contribution in [0.3, 0.4) is 0 Å². The van der Waals surface area contributed by atoms with Gasteiger partial charge in [-0.1, -0.05) is 0 Å². The van der Waals surface area contributed by atoms with Crippen molar-refractivity contribution in [2.75, 3.05) is 9.80 Å². The van der Waals surface area contributed by atoms with E-state index in [-0.39, 0.29) is 10.6 Å². The van der Waals surface area contributed by atoms with Crippen molar-refractivity contribution in [2.45, 2.75) is 25.6 Å². The molecule has 0 saturated carbocycles. The quantitative estimate of drug-likeness (QED) is 0.569. The SMILES string of the molecule is CC1(C)C(=O)N(c2nnc(C#N)c(C(F)(F)F)n2)C(=O)N1c1ccc(C(=O)O)c(F)c1. The van der Waals surface area contributed by atoms with Crippen LogP contribution in [0, 0.1) is 17.1 Å². The third-order valence-corrected chi connectivity index (χ3v) is 4.36. The number of nitriles is 1. The molecule has 31 heavy (non-hydrogen) atoms. The van der Waals surface area contributed by atoms with E-state index in [1.54, 1.807) is 0 Å². The summed E-state index contributed by atoms with van der Waals surface area (Å²) in [5.74, 6) is -4.85. The van der Waals surface area contributed by atoms with Crippen LogP contribution >= 0.6 is 0 Å². The minimum Gasteiger partial charge on any atom is -0.478 e. The third kappa shape index (κ3) is 3.39. The molecule has 1 aliphatic heterocycles. The second kappa shape index (κ2) is 6.97. The maximum Gasteiger partial charge on any atom is 0.436 e. The van der Waals surface area contributed by atoms with E-state index in [4.69, 9.17) is 10.4 Å². The molecule has 10 nitrogen and oxygen atoms in total. The molecular formula is C17H10F4N6O4. The first-order valence-electron chi connectivity index (χ1n) is 8.24. The van der Waals surface area contributed by atoms with Crippen LogP contribution in [0.5, 0.6) is 0 Å². The Morgan fingerprint density at radius 1 is 1.23 bits per heavy atom. The first-order valence-corrected chi connectivity index (χ1v) is 8.24. The lowest BCUT2D eigenvalue weighted by atomic mass is 10.0. The Morgan fingerprint density at radius 2 is 1.87 bits per heavy atom. The van der Waals surface area contributed by atoms with Gasteiger partial charge in [0.25, 0.3) is 11.9 Å². The first-order chi connectivity index (χ1) is 14.3. The number of carboxylic acids is 1. The minimum atomic E-state index is -5.12. The Morgan fingerprint density at radius 3 is 2.39 bits per heavy atom. The topological polar surface area (TPSA) is 140 Å². The Balaban J connectivity index is 2.12. The van der Waals surface area contributed by atoms with Crippen LogP contribution in [-0.2, 0) is 11.0 Å². The fourth-order valence-electron chi connectivity index (χ4n) is 2.91. The van der Waals surface area contributed by atoms with Gasteiger partial charge in [-0.15, -0.1) is 10.2 Å². The number of carbonyl (C=O) groups excluding carboxylic acids is 2. The van der Waals surface area contributed by atoms with Gasteiger partial charge in [0.1, 0.15) is 17.4 Å². The summed E-state index contributed by atoms with van der Waals surface area (Å²) in [5.41, 5.74) is -5.55. The number of carbonyl (C=O) groups is 3. The Kier molecular flexibility index (Phi) is 4.85. The number of anilines is 2. The minimum absolute atomic E-state index is 0.215. The highest BCUT2D eigenvalue weighted by atomic mass is 19.4. The van der Waals surface area contributed by atoms with Crippen LogP contribution in [0.1, 0.15) is 35.6 Å². The van der Waals surface area contributed by atoms with Gasteiger partial charge in [0.05, 0.1) is 5.56 Å². The number of benzene rings is 1. The van der Waals surface area contributed by atoms with E-state index in [2.05, 4.69) is 15.2 Å². The van der Waals surface area contributed by atoms with Crippen LogP contribution in [0.15, 0.2) is 18.2 Å². The highest BCUT2D eigenvalue weighted by Crippen LogP contribution is 2.37. The van der Waals surface area contributed by atoms with Gasteiger partial charge in [0, 0.05) is 5.69 Å². The molecule has 0 unspecified atom stereocenters. The number of halogens is 4.